The van der Waals surface area contributed by atoms with Gasteiger partial charge in [-0.25, -0.2) is 0 Å². The summed E-state index contributed by atoms with van der Waals surface area (Å²) in [4.78, 5) is 10.1. The zero-order chi connectivity index (χ0) is 6.57. The third-order valence-electron chi connectivity index (χ3n) is 1.14. The lowest BCUT2D eigenvalue weighted by Crippen LogP contribution is -2.05. The number of aliphatic carboxylic acids is 1. The fourth-order valence-corrected chi connectivity index (χ4v) is 0.556. The quantitative estimate of drug-likeness (QED) is 0.535. The highest BCUT2D eigenvalue weighted by atomic mass is 16.4. The third kappa shape index (κ3) is 2.67. The SMILES string of the molecule is B[C@H](CCC)C(=O)O. The van der Waals surface area contributed by atoms with Crippen LogP contribution in [-0.2, 0) is 4.79 Å². The van der Waals surface area contributed by atoms with Gasteiger partial charge in [0.15, 0.2) is 0 Å². The molecule has 0 bridgehead atoms. The van der Waals surface area contributed by atoms with Gasteiger partial charge in [0, 0.05) is 5.82 Å². The minimum atomic E-state index is -0.688. The first-order valence-electron chi connectivity index (χ1n) is 2.91. The van der Waals surface area contributed by atoms with Crippen LogP contribution in [0.4, 0.5) is 0 Å². The van der Waals surface area contributed by atoms with Gasteiger partial charge in [0.25, 0.3) is 5.97 Å². The molecule has 3 heteroatoms. The first-order valence-corrected chi connectivity index (χ1v) is 2.91. The van der Waals surface area contributed by atoms with E-state index in [1.54, 1.807) is 7.85 Å². The molecule has 0 saturated carbocycles. The summed E-state index contributed by atoms with van der Waals surface area (Å²) in [6.45, 7) is 1.99. The van der Waals surface area contributed by atoms with Gasteiger partial charge in [-0.1, -0.05) is 13.3 Å². The lowest BCUT2D eigenvalue weighted by atomic mass is 9.84. The Balaban J connectivity index is 3.32. The molecule has 0 aliphatic carbocycles. The number of carboxylic acids is 1. The highest BCUT2D eigenvalue weighted by Gasteiger charge is 2.07. The second-order valence-corrected chi connectivity index (χ2v) is 2.03. The predicted molar refractivity (Wildman–Crippen MR) is 34.8 cm³/mol. The molecule has 1 N–H and O–H groups in total. The first kappa shape index (κ1) is 7.53. The molecule has 1 atom stereocenters. The molecule has 0 aliphatic rings. The van der Waals surface area contributed by atoms with Gasteiger partial charge < -0.3 is 5.11 Å². The Labute approximate surface area is 50.3 Å². The van der Waals surface area contributed by atoms with Crippen LogP contribution in [0.2, 0.25) is 5.82 Å². The molecule has 0 aromatic rings. The van der Waals surface area contributed by atoms with E-state index in [1.165, 1.54) is 0 Å². The van der Waals surface area contributed by atoms with Crippen molar-refractivity contribution < 1.29 is 9.90 Å². The van der Waals surface area contributed by atoms with E-state index in [9.17, 15) is 4.79 Å². The second-order valence-electron chi connectivity index (χ2n) is 2.03. The lowest BCUT2D eigenvalue weighted by molar-refractivity contribution is -0.137. The molecule has 2 nitrogen and oxygen atoms in total. The molecule has 0 radical (unpaired) electrons. The van der Waals surface area contributed by atoms with Crippen LogP contribution in [-0.4, -0.2) is 18.9 Å². The Bertz CT molecular complexity index is 82.5. The Hall–Kier alpha value is -0.465. The Morgan fingerprint density at radius 2 is 2.38 bits per heavy atom. The van der Waals surface area contributed by atoms with Crippen molar-refractivity contribution in [3.63, 3.8) is 0 Å². The zero-order valence-electron chi connectivity index (χ0n) is 5.35. The maximum atomic E-state index is 10.1. The lowest BCUT2D eigenvalue weighted by Gasteiger charge is -1.99. The van der Waals surface area contributed by atoms with Crippen molar-refractivity contribution in [2.24, 2.45) is 0 Å². The van der Waals surface area contributed by atoms with Crippen LogP contribution in [0.25, 0.3) is 0 Å². The van der Waals surface area contributed by atoms with E-state index < -0.39 is 5.97 Å². The smallest absolute Gasteiger partial charge is 0.298 e. The summed E-state index contributed by atoms with van der Waals surface area (Å²) in [5.41, 5.74) is 0. The molecule has 0 unspecified atom stereocenters. The van der Waals surface area contributed by atoms with E-state index in [2.05, 4.69) is 0 Å². The fourth-order valence-electron chi connectivity index (χ4n) is 0.556. The average Bonchev–Trinajstić information content (AvgIpc) is 1.67. The van der Waals surface area contributed by atoms with Gasteiger partial charge in [-0.05, 0) is 6.42 Å². The van der Waals surface area contributed by atoms with Crippen LogP contribution in [0.15, 0.2) is 0 Å². The zero-order valence-corrected chi connectivity index (χ0v) is 5.35. The third-order valence-corrected chi connectivity index (χ3v) is 1.14. The predicted octanol–water partition coefficient (Wildman–Crippen LogP) is 0.293. The molecular formula is C5H11BO2. The first-order chi connectivity index (χ1) is 3.68. The standard InChI is InChI=1S/C5H11BO2/c1-2-3-4(6)5(7)8/h4H,2-3,6H2,1H3,(H,7,8)/t4-/m1/s1. The van der Waals surface area contributed by atoms with Crippen molar-refractivity contribution in [3.05, 3.63) is 0 Å². The van der Waals surface area contributed by atoms with Gasteiger partial charge in [-0.3, -0.25) is 4.79 Å². The summed E-state index contributed by atoms with van der Waals surface area (Å²) in [5.74, 6) is -0.855. The molecule has 0 aromatic carbocycles. The minimum Gasteiger partial charge on any atom is -0.482 e. The number of carboxylic acid groups (broad SMARTS) is 1. The number of hydrogen-bond donors (Lipinski definition) is 1. The van der Waals surface area contributed by atoms with E-state index >= 15 is 0 Å². The Morgan fingerprint density at radius 1 is 1.88 bits per heavy atom. The van der Waals surface area contributed by atoms with Crippen molar-refractivity contribution in [3.8, 4) is 0 Å². The van der Waals surface area contributed by atoms with Gasteiger partial charge in [-0.2, -0.15) is 0 Å². The molecule has 0 aromatic heterocycles. The van der Waals surface area contributed by atoms with Crippen molar-refractivity contribution in [2.75, 3.05) is 0 Å². The van der Waals surface area contributed by atoms with Crippen molar-refractivity contribution >= 4 is 13.8 Å². The van der Waals surface area contributed by atoms with Gasteiger partial charge in [0.2, 0.25) is 0 Å². The molecule has 46 valence electrons. The minimum absolute atomic E-state index is 0.167. The fraction of sp³-hybridized carbons (Fsp3) is 0.800. The molecule has 0 spiro atoms. The van der Waals surface area contributed by atoms with Gasteiger partial charge in [-0.15, -0.1) is 0 Å². The van der Waals surface area contributed by atoms with Crippen molar-refractivity contribution in [1.82, 2.24) is 0 Å². The van der Waals surface area contributed by atoms with Crippen LogP contribution in [0.3, 0.4) is 0 Å². The van der Waals surface area contributed by atoms with Gasteiger partial charge in [0.1, 0.15) is 7.85 Å². The molecule has 0 heterocycles. The highest BCUT2D eigenvalue weighted by molar-refractivity contribution is 6.22. The Morgan fingerprint density at radius 3 is 2.50 bits per heavy atom. The number of rotatable bonds is 3. The van der Waals surface area contributed by atoms with Gasteiger partial charge >= 0.3 is 0 Å². The topological polar surface area (TPSA) is 37.3 Å². The summed E-state index contributed by atoms with van der Waals surface area (Å²) in [5, 5.41) is 8.31. The van der Waals surface area contributed by atoms with E-state index in [-0.39, 0.29) is 5.82 Å². The molecule has 0 amide bonds. The maximum Gasteiger partial charge on any atom is 0.298 e. The summed E-state index contributed by atoms with van der Waals surface area (Å²) in [7, 11) is 1.73. The molecule has 0 fully saturated rings. The molecule has 0 aliphatic heterocycles. The van der Waals surface area contributed by atoms with E-state index in [0.29, 0.717) is 0 Å². The maximum absolute atomic E-state index is 10.1. The summed E-state index contributed by atoms with van der Waals surface area (Å²) in [6.07, 6.45) is 1.74. The van der Waals surface area contributed by atoms with Crippen molar-refractivity contribution in [1.29, 1.82) is 0 Å². The summed E-state index contributed by atoms with van der Waals surface area (Å²) < 4.78 is 0. The monoisotopic (exact) mass is 114 g/mol. The summed E-state index contributed by atoms with van der Waals surface area (Å²) in [6, 6.07) is 0. The van der Waals surface area contributed by atoms with E-state index in [0.717, 1.165) is 12.8 Å². The van der Waals surface area contributed by atoms with Crippen LogP contribution in [0, 0.1) is 0 Å². The Kier molecular flexibility index (Phi) is 3.32. The molecular weight excluding hydrogens is 103 g/mol. The van der Waals surface area contributed by atoms with Crippen molar-refractivity contribution in [2.45, 2.75) is 25.6 Å². The summed E-state index contributed by atoms with van der Waals surface area (Å²) >= 11 is 0. The van der Waals surface area contributed by atoms with Crippen LogP contribution in [0.5, 0.6) is 0 Å². The highest BCUT2D eigenvalue weighted by Crippen LogP contribution is 2.06. The number of hydrogen-bond acceptors (Lipinski definition) is 1. The van der Waals surface area contributed by atoms with Crippen LogP contribution >= 0.6 is 0 Å². The molecule has 0 saturated heterocycles. The average molecular weight is 114 g/mol. The molecule has 0 rings (SSSR count). The largest absolute Gasteiger partial charge is 0.482 e. The van der Waals surface area contributed by atoms with Gasteiger partial charge in [0.05, 0.1) is 0 Å². The second kappa shape index (κ2) is 3.53. The van der Waals surface area contributed by atoms with E-state index in [4.69, 9.17) is 5.11 Å². The number of carbonyl (C=O) groups is 1. The van der Waals surface area contributed by atoms with Crippen LogP contribution < -0.4 is 0 Å². The van der Waals surface area contributed by atoms with Crippen LogP contribution in [0.1, 0.15) is 19.8 Å². The van der Waals surface area contributed by atoms with E-state index in [1.807, 2.05) is 6.92 Å². The molecule has 8 heavy (non-hydrogen) atoms. The normalized spacial score (nSPS) is 13.1.